The first-order chi connectivity index (χ1) is 29.2. The Morgan fingerprint density at radius 1 is 0.951 bits per heavy atom. The summed E-state index contributed by atoms with van der Waals surface area (Å²) in [5.74, 6) is -1.73. The molecule has 0 saturated carbocycles. The molecule has 17 nitrogen and oxygen atoms in total. The highest BCUT2D eigenvalue weighted by atomic mass is 16.5. The molecule has 2 N–H and O–H groups in total. The van der Waals surface area contributed by atoms with Crippen LogP contribution in [-0.4, -0.2) is 113 Å². The van der Waals surface area contributed by atoms with E-state index in [1.165, 1.54) is 30.8 Å². The molecule has 0 spiro atoms. The van der Waals surface area contributed by atoms with Crippen molar-refractivity contribution in [3.63, 3.8) is 0 Å². The second-order valence-electron chi connectivity index (χ2n) is 16.0. The number of hydrogen-bond donors (Lipinski definition) is 2. The zero-order valence-electron chi connectivity index (χ0n) is 36.4. The zero-order valence-corrected chi connectivity index (χ0v) is 36.4. The van der Waals surface area contributed by atoms with Crippen molar-refractivity contribution in [1.29, 1.82) is 0 Å². The van der Waals surface area contributed by atoms with Gasteiger partial charge in [-0.25, -0.2) is 15.0 Å². The Morgan fingerprint density at radius 2 is 1.62 bits per heavy atom. The van der Waals surface area contributed by atoms with Crippen LogP contribution in [0.5, 0.6) is 0 Å². The number of carbonyl (C=O) groups is 4. The van der Waals surface area contributed by atoms with Crippen molar-refractivity contribution in [2.45, 2.75) is 122 Å². The third kappa shape index (κ3) is 14.4. The largest absolute Gasteiger partial charge is 0.462 e. The monoisotopic (exact) mass is 854 g/mol. The van der Waals surface area contributed by atoms with Crippen molar-refractivity contribution in [1.82, 2.24) is 19.9 Å². The highest BCUT2D eigenvalue weighted by molar-refractivity contribution is 5.82. The lowest BCUT2D eigenvalue weighted by Crippen LogP contribution is -2.35. The summed E-state index contributed by atoms with van der Waals surface area (Å²) in [7, 11) is 6.20. The Labute approximate surface area is 356 Å². The Kier molecular flexibility index (Phi) is 19.2. The van der Waals surface area contributed by atoms with Crippen LogP contribution in [0.4, 0.5) is 0 Å². The summed E-state index contributed by atoms with van der Waals surface area (Å²) >= 11 is 0. The fourth-order valence-corrected chi connectivity index (χ4v) is 7.35. The van der Waals surface area contributed by atoms with Gasteiger partial charge < -0.3 is 47.3 Å². The van der Waals surface area contributed by atoms with Crippen LogP contribution in [-0.2, 0) is 38.1 Å². The van der Waals surface area contributed by atoms with E-state index in [9.17, 15) is 29.4 Å². The molecule has 17 heteroatoms. The molecule has 10 atom stereocenters. The van der Waals surface area contributed by atoms with Crippen LogP contribution in [0.1, 0.15) is 103 Å². The molecule has 6 bridgehead atoms. The molecule has 4 heterocycles. The maximum absolute atomic E-state index is 13.4. The van der Waals surface area contributed by atoms with Crippen molar-refractivity contribution in [3.8, 4) is 23.2 Å². The molecule has 0 aliphatic carbocycles. The molecule has 0 fully saturated rings. The normalized spacial score (nSPS) is 24.8. The van der Waals surface area contributed by atoms with Crippen LogP contribution in [0.15, 0.2) is 50.4 Å². The number of aliphatic hydroxyl groups is 2. The summed E-state index contributed by atoms with van der Waals surface area (Å²) in [5, 5.41) is 21.7. The Balaban J connectivity index is 1.49. The SMILES string of the molecule is COC1c2coc(n2)-c2coc(n2)-c2coc(n2)/C=C/CC[C@@H](C)[C@H](C[C@H](OC)[C@@H](C)CCC(=O)[C@H](C)[C@@H](C/C=C/N(C)C=O)OC)OC(=O)C[C@@H](O)C[C@@H](O)CC(=O)[C@@H]1C. The minimum absolute atomic E-state index is 0.0373. The van der Waals surface area contributed by atoms with Gasteiger partial charge in [-0.3, -0.25) is 19.2 Å². The molecule has 3 aromatic rings. The van der Waals surface area contributed by atoms with E-state index >= 15 is 0 Å². The first-order valence-electron chi connectivity index (χ1n) is 20.7. The highest BCUT2D eigenvalue weighted by Crippen LogP contribution is 2.32. The van der Waals surface area contributed by atoms with E-state index in [4.69, 9.17) is 32.2 Å². The molecule has 0 aromatic carbocycles. The molecule has 3 aromatic heterocycles. The number of hydrogen-bond acceptors (Lipinski definition) is 16. The number of nitrogens with zero attached hydrogens (tertiary/aromatic N) is 4. The molecule has 336 valence electrons. The minimum atomic E-state index is -1.28. The first kappa shape index (κ1) is 48.9. The van der Waals surface area contributed by atoms with E-state index < -0.39 is 42.7 Å². The van der Waals surface area contributed by atoms with E-state index in [0.717, 1.165) is 0 Å². The molecule has 0 radical (unpaired) electrons. The van der Waals surface area contributed by atoms with Gasteiger partial charge in [-0.1, -0.05) is 39.8 Å². The summed E-state index contributed by atoms with van der Waals surface area (Å²) in [6.07, 6.45) is 9.02. The molecule has 1 amide bonds. The van der Waals surface area contributed by atoms with Crippen molar-refractivity contribution in [2.24, 2.45) is 23.7 Å². The Morgan fingerprint density at radius 3 is 2.33 bits per heavy atom. The average Bonchev–Trinajstić information content (AvgIpc) is 4.03. The molecule has 1 unspecified atom stereocenters. The standard InChI is InChI=1S/C44H62N4O13/c1-26-12-9-10-14-40-45-33(23-58-40)43-47-34(24-60-43)44-46-32(22-59-44)42(57-8)29(4)36(53)19-30(50)18-31(51)20-41(54)61-39(26)21-38(56-7)27(2)15-16-35(52)28(3)37(55-6)13-11-17-48(5)25-49/h10-11,14,17,22-31,37-39,42,50-51H,9,12-13,15-16,18-21H2,1-8H3/b14-10+,17-11+/t26-,27+,28+,29+,30-,31+,37-,38+,39+,42?/m1/s1. The van der Waals surface area contributed by atoms with Gasteiger partial charge in [0.2, 0.25) is 24.1 Å². The number of aliphatic hydroxyl groups excluding tert-OH is 2. The maximum Gasteiger partial charge on any atom is 0.308 e. The number of aromatic nitrogens is 3. The lowest BCUT2D eigenvalue weighted by atomic mass is 9.86. The number of ketones is 2. The molecular weight excluding hydrogens is 792 g/mol. The van der Waals surface area contributed by atoms with Crippen LogP contribution in [0, 0.1) is 23.7 Å². The predicted octanol–water partition coefficient (Wildman–Crippen LogP) is 6.16. The Hall–Kier alpha value is -4.81. The summed E-state index contributed by atoms with van der Waals surface area (Å²) in [5.41, 5.74) is 0.974. The van der Waals surface area contributed by atoms with Crippen molar-refractivity contribution >= 4 is 30.0 Å². The second kappa shape index (κ2) is 24.0. The first-order valence-corrected chi connectivity index (χ1v) is 20.7. The summed E-state index contributed by atoms with van der Waals surface area (Å²) < 4.78 is 40.1. The average molecular weight is 855 g/mol. The van der Waals surface area contributed by atoms with Crippen LogP contribution in [0.2, 0.25) is 0 Å². The van der Waals surface area contributed by atoms with Gasteiger partial charge in [0.25, 0.3) is 0 Å². The van der Waals surface area contributed by atoms with Gasteiger partial charge in [-0.05, 0) is 43.6 Å². The predicted molar refractivity (Wildman–Crippen MR) is 221 cm³/mol. The number of amides is 1. The van der Waals surface area contributed by atoms with Gasteiger partial charge in [0.15, 0.2) is 11.4 Å². The Bertz CT molecular complexity index is 1900. The highest BCUT2D eigenvalue weighted by Gasteiger charge is 2.33. The van der Waals surface area contributed by atoms with Crippen molar-refractivity contribution in [2.75, 3.05) is 28.4 Å². The number of carbonyl (C=O) groups excluding carboxylic acids is 4. The molecule has 1 aliphatic heterocycles. The summed E-state index contributed by atoms with van der Waals surface area (Å²) in [6.45, 7) is 7.43. The number of cyclic esters (lactones) is 1. The number of esters is 1. The van der Waals surface area contributed by atoms with Gasteiger partial charge in [-0.15, -0.1) is 0 Å². The molecule has 0 saturated heterocycles. The third-order valence-electron chi connectivity index (χ3n) is 11.3. The lowest BCUT2D eigenvalue weighted by Gasteiger charge is -2.31. The smallest absolute Gasteiger partial charge is 0.308 e. The van der Waals surface area contributed by atoms with Gasteiger partial charge >= 0.3 is 5.97 Å². The number of oxazole rings is 3. The number of ether oxygens (including phenoxy) is 4. The fourth-order valence-electron chi connectivity index (χ4n) is 7.35. The van der Waals surface area contributed by atoms with Crippen LogP contribution < -0.4 is 0 Å². The van der Waals surface area contributed by atoms with Crippen molar-refractivity contribution < 1.29 is 61.6 Å². The number of allylic oxidation sites excluding steroid dienone is 1. The maximum atomic E-state index is 13.4. The fraction of sp³-hybridized carbons (Fsp3) is 0.614. The molecule has 61 heavy (non-hydrogen) atoms. The van der Waals surface area contributed by atoms with Crippen LogP contribution in [0.3, 0.4) is 0 Å². The molecule has 4 rings (SSSR count). The van der Waals surface area contributed by atoms with E-state index in [0.29, 0.717) is 61.5 Å². The summed E-state index contributed by atoms with van der Waals surface area (Å²) in [4.78, 5) is 65.6. The van der Waals surface area contributed by atoms with E-state index in [1.807, 2.05) is 26.8 Å². The number of fused-ring (bicyclic) bond motifs is 8. The number of rotatable bonds is 15. The third-order valence-corrected chi connectivity index (χ3v) is 11.3. The number of Topliss-reactive ketones (excluding diaryl/α,β-unsaturated/α-hetero) is 2. The number of methoxy groups -OCH3 is 3. The van der Waals surface area contributed by atoms with Gasteiger partial charge in [-0.2, -0.15) is 0 Å². The van der Waals surface area contributed by atoms with E-state index in [1.54, 1.807) is 46.5 Å². The lowest BCUT2D eigenvalue weighted by molar-refractivity contribution is -0.157. The minimum Gasteiger partial charge on any atom is -0.462 e. The van der Waals surface area contributed by atoms with Crippen molar-refractivity contribution in [3.05, 3.63) is 48.7 Å². The van der Waals surface area contributed by atoms with Crippen LogP contribution >= 0.6 is 0 Å². The second-order valence-corrected chi connectivity index (χ2v) is 16.0. The van der Waals surface area contributed by atoms with Gasteiger partial charge in [0.1, 0.15) is 48.3 Å². The van der Waals surface area contributed by atoms with Gasteiger partial charge in [0, 0.05) is 72.1 Å². The quantitative estimate of drug-likeness (QED) is 0.129. The van der Waals surface area contributed by atoms with Gasteiger partial charge in [0.05, 0.1) is 30.8 Å². The zero-order chi connectivity index (χ0) is 44.6. The van der Waals surface area contributed by atoms with E-state index in [-0.39, 0.29) is 72.6 Å². The molecule has 1 aliphatic rings. The van der Waals surface area contributed by atoms with Crippen LogP contribution in [0.25, 0.3) is 29.2 Å². The van der Waals surface area contributed by atoms with E-state index in [2.05, 4.69) is 15.0 Å². The molecular formula is C44H62N4O13. The topological polar surface area (TPSA) is 227 Å². The summed E-state index contributed by atoms with van der Waals surface area (Å²) in [6, 6.07) is 0.